The van der Waals surface area contributed by atoms with Gasteiger partial charge in [0.25, 0.3) is 10.9 Å². The predicted molar refractivity (Wildman–Crippen MR) is 68.0 cm³/mol. The minimum atomic E-state index is -4.21. The van der Waals surface area contributed by atoms with Crippen molar-refractivity contribution in [1.82, 2.24) is 0 Å². The topological polar surface area (TPSA) is 90.8 Å². The molecule has 0 aliphatic rings. The molecule has 0 amide bonds. The average molecular weight is 308 g/mol. The van der Waals surface area contributed by atoms with Gasteiger partial charge in [-0.3, -0.25) is 4.55 Å². The van der Waals surface area contributed by atoms with Gasteiger partial charge >= 0.3 is 10.1 Å². The van der Waals surface area contributed by atoms with E-state index in [1.807, 2.05) is 0 Å². The highest BCUT2D eigenvalue weighted by Crippen LogP contribution is 2.23. The number of thiazole rings is 1. The second-order valence-corrected chi connectivity index (χ2v) is 6.36. The first kappa shape index (κ1) is 13.2. The number of rotatable bonds is 3. The van der Waals surface area contributed by atoms with Gasteiger partial charge in [0, 0.05) is 11.1 Å². The fraction of sp³-hybridized carbons (Fsp3) is 0.111. The van der Waals surface area contributed by atoms with Gasteiger partial charge in [-0.05, 0) is 12.1 Å². The van der Waals surface area contributed by atoms with Crippen LogP contribution in [-0.2, 0) is 16.0 Å². The molecule has 1 aromatic heterocycles. The fourth-order valence-corrected chi connectivity index (χ4v) is 3.38. The Morgan fingerprint density at radius 1 is 1.50 bits per heavy atom. The standard InChI is InChI=1S/C9H7ClN2O4S2/c10-6-1-2-8-7(3-6)12(5-18(14,15)16)9(17-8)4-11-13/h1-4H,5H2,(H,14,15,16)/p+1. The Kier molecular flexibility index (Phi) is 3.53. The zero-order valence-corrected chi connectivity index (χ0v) is 11.2. The van der Waals surface area contributed by atoms with Crippen LogP contribution in [0.2, 0.25) is 5.02 Å². The summed E-state index contributed by atoms with van der Waals surface area (Å²) in [5.74, 6) is -0.630. The number of oxime groups is 1. The molecule has 2 N–H and O–H groups in total. The Morgan fingerprint density at radius 2 is 2.22 bits per heavy atom. The van der Waals surface area contributed by atoms with Crippen molar-refractivity contribution < 1.29 is 22.7 Å². The van der Waals surface area contributed by atoms with Crippen molar-refractivity contribution in [3.8, 4) is 0 Å². The van der Waals surface area contributed by atoms with E-state index in [2.05, 4.69) is 5.16 Å². The van der Waals surface area contributed by atoms with Gasteiger partial charge in [0.1, 0.15) is 10.9 Å². The first-order valence-corrected chi connectivity index (χ1v) is 7.45. The molecule has 6 nitrogen and oxygen atoms in total. The number of fused-ring (bicyclic) bond motifs is 1. The van der Waals surface area contributed by atoms with E-state index in [1.54, 1.807) is 18.2 Å². The molecule has 9 heteroatoms. The molecule has 0 fully saturated rings. The van der Waals surface area contributed by atoms with Gasteiger partial charge < -0.3 is 5.21 Å². The van der Waals surface area contributed by atoms with Gasteiger partial charge in [-0.25, -0.2) is 0 Å². The van der Waals surface area contributed by atoms with Crippen LogP contribution in [0, 0.1) is 0 Å². The van der Waals surface area contributed by atoms with Crippen LogP contribution in [0.3, 0.4) is 0 Å². The van der Waals surface area contributed by atoms with Gasteiger partial charge in [0.05, 0.1) is 0 Å². The van der Waals surface area contributed by atoms with E-state index in [-0.39, 0.29) is 0 Å². The van der Waals surface area contributed by atoms with E-state index in [0.29, 0.717) is 15.5 Å². The third-order valence-electron chi connectivity index (χ3n) is 2.15. The molecule has 0 saturated carbocycles. The van der Waals surface area contributed by atoms with E-state index < -0.39 is 16.0 Å². The normalized spacial score (nSPS) is 12.6. The van der Waals surface area contributed by atoms with Crippen LogP contribution < -0.4 is 4.57 Å². The molecule has 0 atom stereocenters. The molecule has 0 unspecified atom stereocenters. The van der Waals surface area contributed by atoms with Crippen LogP contribution in [0.25, 0.3) is 10.2 Å². The van der Waals surface area contributed by atoms with Crippen molar-refractivity contribution in [3.63, 3.8) is 0 Å². The van der Waals surface area contributed by atoms with Crippen molar-refractivity contribution in [2.75, 3.05) is 0 Å². The maximum atomic E-state index is 11.0. The minimum Gasteiger partial charge on any atom is -0.411 e. The summed E-state index contributed by atoms with van der Waals surface area (Å²) in [4.78, 5) is 0. The quantitative estimate of drug-likeness (QED) is 0.295. The first-order valence-electron chi connectivity index (χ1n) is 4.65. The van der Waals surface area contributed by atoms with Gasteiger partial charge in [0.15, 0.2) is 0 Å². The monoisotopic (exact) mass is 307 g/mol. The predicted octanol–water partition coefficient (Wildman–Crippen LogP) is 1.50. The maximum absolute atomic E-state index is 11.0. The van der Waals surface area contributed by atoms with E-state index in [1.165, 1.54) is 15.9 Å². The van der Waals surface area contributed by atoms with Crippen molar-refractivity contribution >= 4 is 49.5 Å². The summed E-state index contributed by atoms with van der Waals surface area (Å²) in [6, 6.07) is 4.96. The second kappa shape index (κ2) is 4.81. The zero-order chi connectivity index (χ0) is 13.3. The smallest absolute Gasteiger partial charge is 0.326 e. The molecular formula is C9H8ClN2O4S2+. The summed E-state index contributed by atoms with van der Waals surface area (Å²) in [6.07, 6.45) is 1.10. The zero-order valence-electron chi connectivity index (χ0n) is 8.82. The largest absolute Gasteiger partial charge is 0.411 e. The Hall–Kier alpha value is -1.22. The molecule has 0 radical (unpaired) electrons. The van der Waals surface area contributed by atoms with E-state index in [9.17, 15) is 8.42 Å². The SMILES string of the molecule is O=S(=O)(O)C[n+]1c(C=NO)sc2ccc(Cl)cc21. The molecular weight excluding hydrogens is 300 g/mol. The Bertz CT molecular complexity index is 723. The molecule has 0 aliphatic heterocycles. The van der Waals surface area contributed by atoms with Crippen LogP contribution in [0.4, 0.5) is 0 Å². The molecule has 1 aromatic carbocycles. The molecule has 0 spiro atoms. The third-order valence-corrected chi connectivity index (χ3v) is 4.07. The summed E-state index contributed by atoms with van der Waals surface area (Å²) in [5, 5.41) is 12.2. The lowest BCUT2D eigenvalue weighted by Gasteiger charge is -1.94. The lowest BCUT2D eigenvalue weighted by atomic mass is 10.3. The van der Waals surface area contributed by atoms with Gasteiger partial charge in [0.2, 0.25) is 5.52 Å². The van der Waals surface area contributed by atoms with E-state index in [4.69, 9.17) is 21.4 Å². The lowest BCUT2D eigenvalue weighted by molar-refractivity contribution is -0.648. The number of halogens is 1. The molecule has 0 aliphatic carbocycles. The number of benzene rings is 1. The van der Waals surface area contributed by atoms with Crippen LogP contribution in [0.5, 0.6) is 0 Å². The first-order chi connectivity index (χ1) is 8.40. The number of nitrogens with zero attached hydrogens (tertiary/aromatic N) is 2. The van der Waals surface area contributed by atoms with Gasteiger partial charge in [-0.2, -0.15) is 13.0 Å². The van der Waals surface area contributed by atoms with Crippen molar-refractivity contribution in [1.29, 1.82) is 0 Å². The summed E-state index contributed by atoms with van der Waals surface area (Å²) < 4.78 is 33.0. The van der Waals surface area contributed by atoms with Crippen LogP contribution in [-0.4, -0.2) is 24.4 Å². The highest BCUT2D eigenvalue weighted by molar-refractivity contribution is 7.84. The molecule has 2 aromatic rings. The van der Waals surface area contributed by atoms with E-state index >= 15 is 0 Å². The summed E-state index contributed by atoms with van der Waals surface area (Å²) in [6.45, 7) is 0. The second-order valence-electron chi connectivity index (χ2n) is 3.44. The van der Waals surface area contributed by atoms with Crippen molar-refractivity contribution in [2.45, 2.75) is 5.88 Å². The highest BCUT2D eigenvalue weighted by atomic mass is 35.5. The molecule has 0 saturated heterocycles. The number of hydrogen-bond acceptors (Lipinski definition) is 5. The van der Waals surface area contributed by atoms with Crippen LogP contribution in [0.1, 0.15) is 5.01 Å². The number of hydrogen-bond donors (Lipinski definition) is 2. The van der Waals surface area contributed by atoms with Gasteiger partial charge in [-0.1, -0.05) is 28.1 Å². The van der Waals surface area contributed by atoms with Gasteiger partial charge in [-0.15, -0.1) is 0 Å². The third kappa shape index (κ3) is 2.78. The molecule has 18 heavy (non-hydrogen) atoms. The van der Waals surface area contributed by atoms with Crippen LogP contribution in [0.15, 0.2) is 23.4 Å². The molecule has 1 heterocycles. The van der Waals surface area contributed by atoms with Crippen LogP contribution >= 0.6 is 22.9 Å². The molecule has 96 valence electrons. The summed E-state index contributed by atoms with van der Waals surface area (Å²) >= 11 is 7.06. The number of aromatic nitrogens is 1. The highest BCUT2D eigenvalue weighted by Gasteiger charge is 2.24. The maximum Gasteiger partial charge on any atom is 0.326 e. The summed E-state index contributed by atoms with van der Waals surface area (Å²) in [7, 11) is -4.21. The summed E-state index contributed by atoms with van der Waals surface area (Å²) in [5.41, 5.74) is 0.542. The van der Waals surface area contributed by atoms with Crippen molar-refractivity contribution in [3.05, 3.63) is 28.2 Å². The van der Waals surface area contributed by atoms with Crippen molar-refractivity contribution in [2.24, 2.45) is 5.16 Å². The Labute approximate surface area is 111 Å². The molecule has 2 rings (SSSR count). The Balaban J connectivity index is 2.72. The average Bonchev–Trinajstić information content (AvgIpc) is 2.56. The Morgan fingerprint density at radius 3 is 2.83 bits per heavy atom. The minimum absolute atomic E-state index is 0.382. The lowest BCUT2D eigenvalue weighted by Crippen LogP contribution is -2.40. The van der Waals surface area contributed by atoms with E-state index in [0.717, 1.165) is 10.9 Å². The molecule has 0 bridgehead atoms. The fourth-order valence-electron chi connectivity index (χ4n) is 1.52.